The lowest BCUT2D eigenvalue weighted by atomic mass is 9.86. The lowest BCUT2D eigenvalue weighted by Crippen LogP contribution is -2.21. The second-order valence-electron chi connectivity index (χ2n) is 11.1. The quantitative estimate of drug-likeness (QED) is 0.228. The third kappa shape index (κ3) is 7.30. The molecule has 0 aliphatic carbocycles. The van der Waals surface area contributed by atoms with Gasteiger partial charge in [-0.2, -0.15) is 0 Å². The Morgan fingerprint density at radius 2 is 1.64 bits per heavy atom. The number of aryl methyl sites for hydroxylation is 1. The van der Waals surface area contributed by atoms with Gasteiger partial charge >= 0.3 is 0 Å². The van der Waals surface area contributed by atoms with E-state index in [0.717, 1.165) is 16.7 Å². The number of methoxy groups -OCH3 is 1. The molecule has 0 fully saturated rings. The first-order chi connectivity index (χ1) is 20.0. The number of aromatic nitrogens is 2. The minimum absolute atomic E-state index is 0.000762. The van der Waals surface area contributed by atoms with Crippen LogP contribution in [0.3, 0.4) is 0 Å². The van der Waals surface area contributed by atoms with E-state index in [0.29, 0.717) is 34.9 Å². The van der Waals surface area contributed by atoms with Crippen molar-refractivity contribution in [3.63, 3.8) is 0 Å². The van der Waals surface area contributed by atoms with E-state index in [-0.39, 0.29) is 35.0 Å². The van der Waals surface area contributed by atoms with Gasteiger partial charge in [0.1, 0.15) is 0 Å². The largest absolute Gasteiger partial charge is 0.384 e. The second kappa shape index (κ2) is 12.8. The molecule has 9 nitrogen and oxygen atoms in total. The van der Waals surface area contributed by atoms with Crippen LogP contribution in [0.4, 0.5) is 22.9 Å². The summed E-state index contributed by atoms with van der Waals surface area (Å²) in [5, 5.41) is 8.93. The van der Waals surface area contributed by atoms with Crippen LogP contribution in [0.1, 0.15) is 48.7 Å². The average Bonchev–Trinajstić information content (AvgIpc) is 2.95. The summed E-state index contributed by atoms with van der Waals surface area (Å²) < 4.78 is 6.42. The fraction of sp³-hybridized carbons (Fsp3) is 0.273. The topological polar surface area (TPSA) is 114 Å². The average molecular weight is 568 g/mol. The number of ether oxygens (including phenoxy) is 1. The lowest BCUT2D eigenvalue weighted by molar-refractivity contribution is -0.117. The molecular weight excluding hydrogens is 530 g/mol. The van der Waals surface area contributed by atoms with Crippen LogP contribution in [0, 0.1) is 6.92 Å². The molecule has 1 heterocycles. The van der Waals surface area contributed by atoms with Gasteiger partial charge in [0.2, 0.25) is 5.91 Å². The van der Waals surface area contributed by atoms with E-state index >= 15 is 0 Å². The number of benzene rings is 3. The Bertz CT molecular complexity index is 1650. The van der Waals surface area contributed by atoms with Crippen LogP contribution in [0.5, 0.6) is 0 Å². The molecule has 4 rings (SSSR count). The zero-order valence-electron chi connectivity index (χ0n) is 24.9. The zero-order valence-corrected chi connectivity index (χ0v) is 24.9. The summed E-state index contributed by atoms with van der Waals surface area (Å²) in [5.74, 6) is -0.249. The van der Waals surface area contributed by atoms with Crippen molar-refractivity contribution >= 4 is 34.7 Å². The number of nitrogens with one attached hydrogen (secondary N) is 3. The molecule has 0 spiro atoms. The Labute approximate surface area is 246 Å². The van der Waals surface area contributed by atoms with E-state index in [1.54, 1.807) is 44.6 Å². The Morgan fingerprint density at radius 1 is 0.952 bits per heavy atom. The van der Waals surface area contributed by atoms with Crippen LogP contribution in [0.25, 0.3) is 11.3 Å². The van der Waals surface area contributed by atoms with Gasteiger partial charge in [-0.25, -0.2) is 4.98 Å². The SMILES string of the molecule is COCCC(=O)Nc1cccc(Nc2nc(-c3cccc(NC(=O)c4ccc(C(C)(C)C)cc4)c3C)cn(C)c2=O)c1. The van der Waals surface area contributed by atoms with Gasteiger partial charge in [-0.3, -0.25) is 14.4 Å². The highest BCUT2D eigenvalue weighted by Gasteiger charge is 2.17. The van der Waals surface area contributed by atoms with Crippen molar-refractivity contribution in [3.8, 4) is 11.3 Å². The number of hydrogen-bond donors (Lipinski definition) is 3. The standard InChI is InChI=1S/C33H37N5O4/c1-21-26(11-8-12-27(21)37-31(40)22-13-15-23(16-14-22)33(2,3)4)28-20-38(5)32(41)30(36-28)35-25-10-7-9-24(19-25)34-29(39)17-18-42-6/h7-16,19-20H,17-18H2,1-6H3,(H,34,39)(H,35,36)(H,37,40). The summed E-state index contributed by atoms with van der Waals surface area (Å²) in [6.07, 6.45) is 1.90. The van der Waals surface area contributed by atoms with Crippen LogP contribution in [0.2, 0.25) is 0 Å². The third-order valence-corrected chi connectivity index (χ3v) is 6.88. The molecule has 3 aromatic carbocycles. The number of carbonyl (C=O) groups excluding carboxylic acids is 2. The van der Waals surface area contributed by atoms with Gasteiger partial charge in [0.25, 0.3) is 11.5 Å². The summed E-state index contributed by atoms with van der Waals surface area (Å²) in [6, 6.07) is 20.3. The van der Waals surface area contributed by atoms with Gasteiger partial charge < -0.3 is 25.3 Å². The molecule has 218 valence electrons. The van der Waals surface area contributed by atoms with Crippen LogP contribution < -0.4 is 21.5 Å². The molecule has 1 aromatic heterocycles. The van der Waals surface area contributed by atoms with E-state index in [1.807, 2.05) is 49.4 Å². The maximum Gasteiger partial charge on any atom is 0.293 e. The van der Waals surface area contributed by atoms with Crippen LogP contribution in [-0.2, 0) is 22.0 Å². The van der Waals surface area contributed by atoms with Crippen LogP contribution in [0.15, 0.2) is 77.7 Å². The summed E-state index contributed by atoms with van der Waals surface area (Å²) in [4.78, 5) is 42.8. The van der Waals surface area contributed by atoms with Crippen molar-refractivity contribution in [2.45, 2.75) is 39.5 Å². The van der Waals surface area contributed by atoms with Crippen molar-refractivity contribution in [2.24, 2.45) is 7.05 Å². The number of amides is 2. The fourth-order valence-corrected chi connectivity index (χ4v) is 4.41. The van der Waals surface area contributed by atoms with Crippen molar-refractivity contribution < 1.29 is 14.3 Å². The number of anilines is 4. The molecule has 2 amide bonds. The minimum atomic E-state index is -0.311. The first-order valence-corrected chi connectivity index (χ1v) is 13.7. The normalized spacial score (nSPS) is 11.2. The monoisotopic (exact) mass is 567 g/mol. The van der Waals surface area contributed by atoms with E-state index in [1.165, 1.54) is 4.57 Å². The third-order valence-electron chi connectivity index (χ3n) is 6.88. The molecule has 9 heteroatoms. The van der Waals surface area contributed by atoms with E-state index in [4.69, 9.17) is 4.74 Å². The molecule has 0 aliphatic heterocycles. The fourth-order valence-electron chi connectivity index (χ4n) is 4.41. The molecule has 0 saturated carbocycles. The van der Waals surface area contributed by atoms with Gasteiger partial charge in [0, 0.05) is 48.5 Å². The molecule has 0 unspecified atom stereocenters. The number of carbonyl (C=O) groups is 2. The molecule has 0 atom stereocenters. The maximum atomic E-state index is 13.1. The number of rotatable bonds is 9. The summed E-state index contributed by atoms with van der Waals surface area (Å²) >= 11 is 0. The van der Waals surface area contributed by atoms with Crippen LogP contribution in [-0.4, -0.2) is 35.1 Å². The first kappa shape index (κ1) is 30.2. The van der Waals surface area contributed by atoms with Crippen molar-refractivity contribution in [1.82, 2.24) is 9.55 Å². The summed E-state index contributed by atoms with van der Waals surface area (Å²) in [7, 11) is 3.20. The van der Waals surface area contributed by atoms with Crippen molar-refractivity contribution in [2.75, 3.05) is 29.7 Å². The Morgan fingerprint density at radius 3 is 2.33 bits per heavy atom. The summed E-state index contributed by atoms with van der Waals surface area (Å²) in [6.45, 7) is 8.63. The Kier molecular flexibility index (Phi) is 9.22. The van der Waals surface area contributed by atoms with Crippen molar-refractivity contribution in [1.29, 1.82) is 0 Å². The van der Waals surface area contributed by atoms with Gasteiger partial charge in [0.15, 0.2) is 5.82 Å². The Balaban J connectivity index is 1.57. The summed E-state index contributed by atoms with van der Waals surface area (Å²) in [5.41, 5.74) is 5.39. The number of nitrogens with zero attached hydrogens (tertiary/aromatic N) is 2. The maximum absolute atomic E-state index is 13.1. The molecule has 3 N–H and O–H groups in total. The molecular formula is C33H37N5O4. The van der Waals surface area contributed by atoms with Gasteiger partial charge in [0.05, 0.1) is 18.7 Å². The molecule has 0 aliphatic rings. The smallest absolute Gasteiger partial charge is 0.293 e. The van der Waals surface area contributed by atoms with Crippen LogP contribution >= 0.6 is 0 Å². The zero-order chi connectivity index (χ0) is 30.4. The molecule has 0 saturated heterocycles. The van der Waals surface area contributed by atoms with Gasteiger partial charge in [-0.05, 0) is 59.9 Å². The first-order valence-electron chi connectivity index (χ1n) is 13.7. The van der Waals surface area contributed by atoms with E-state index < -0.39 is 0 Å². The highest BCUT2D eigenvalue weighted by Crippen LogP contribution is 2.29. The van der Waals surface area contributed by atoms with Crippen molar-refractivity contribution in [3.05, 3.63) is 100.0 Å². The molecule has 42 heavy (non-hydrogen) atoms. The Hall–Kier alpha value is -4.76. The van der Waals surface area contributed by atoms with E-state index in [2.05, 4.69) is 41.7 Å². The minimum Gasteiger partial charge on any atom is -0.384 e. The second-order valence-corrected chi connectivity index (χ2v) is 11.1. The number of hydrogen-bond acceptors (Lipinski definition) is 6. The predicted octanol–water partition coefficient (Wildman–Crippen LogP) is 6.02. The van der Waals surface area contributed by atoms with Gasteiger partial charge in [-0.15, -0.1) is 0 Å². The molecule has 0 radical (unpaired) electrons. The molecule has 0 bridgehead atoms. The predicted molar refractivity (Wildman–Crippen MR) is 168 cm³/mol. The van der Waals surface area contributed by atoms with E-state index in [9.17, 15) is 14.4 Å². The lowest BCUT2D eigenvalue weighted by Gasteiger charge is -2.19. The molecule has 4 aromatic rings. The highest BCUT2D eigenvalue weighted by atomic mass is 16.5. The van der Waals surface area contributed by atoms with Gasteiger partial charge in [-0.1, -0.05) is 51.1 Å². The highest BCUT2D eigenvalue weighted by molar-refractivity contribution is 6.05.